The molecule has 1 atom stereocenters. The Bertz CT molecular complexity index is 757. The standard InChI is InChI=1S/C18H24N4O3/c1-12-4-6-15(25-3)13(8-12)9-18(23)19-14-5-7-17-20-16(11-24-2)21-22(17)10-14/h4,6,8,14H,5,7,9-11H2,1-3H3,(H,19,23). The molecule has 1 aromatic heterocycles. The van der Waals surface area contributed by atoms with Crippen LogP contribution in [0.2, 0.25) is 0 Å². The number of nitrogens with zero attached hydrogens (tertiary/aromatic N) is 3. The number of fused-ring (bicyclic) bond motifs is 1. The van der Waals surface area contributed by atoms with Crippen LogP contribution in [0.25, 0.3) is 0 Å². The Balaban J connectivity index is 1.61. The van der Waals surface area contributed by atoms with Gasteiger partial charge in [0.2, 0.25) is 5.91 Å². The van der Waals surface area contributed by atoms with Gasteiger partial charge in [-0.05, 0) is 19.4 Å². The number of aryl methyl sites for hydroxylation is 2. The van der Waals surface area contributed by atoms with Crippen molar-refractivity contribution < 1.29 is 14.3 Å². The maximum Gasteiger partial charge on any atom is 0.224 e. The number of benzene rings is 1. The molecule has 1 aliphatic heterocycles. The predicted molar refractivity (Wildman–Crippen MR) is 92.4 cm³/mol. The molecule has 1 unspecified atom stereocenters. The maximum absolute atomic E-state index is 12.4. The smallest absolute Gasteiger partial charge is 0.224 e. The normalized spacial score (nSPS) is 16.4. The minimum Gasteiger partial charge on any atom is -0.496 e. The molecule has 2 aromatic rings. The molecule has 0 radical (unpaired) electrons. The topological polar surface area (TPSA) is 78.3 Å². The van der Waals surface area contributed by atoms with Crippen molar-refractivity contribution in [2.75, 3.05) is 14.2 Å². The van der Waals surface area contributed by atoms with Gasteiger partial charge in [0.05, 0.1) is 20.1 Å². The minimum absolute atomic E-state index is 0.00502. The second kappa shape index (κ2) is 7.65. The van der Waals surface area contributed by atoms with E-state index in [0.29, 0.717) is 25.4 Å². The van der Waals surface area contributed by atoms with Crippen molar-refractivity contribution in [1.29, 1.82) is 0 Å². The van der Waals surface area contributed by atoms with Crippen molar-refractivity contribution in [3.05, 3.63) is 41.0 Å². The van der Waals surface area contributed by atoms with Gasteiger partial charge in [0, 0.05) is 25.1 Å². The number of hydrogen-bond donors (Lipinski definition) is 1. The third kappa shape index (κ3) is 4.17. The van der Waals surface area contributed by atoms with Gasteiger partial charge in [-0.15, -0.1) is 0 Å². The molecule has 0 bridgehead atoms. The summed E-state index contributed by atoms with van der Waals surface area (Å²) in [6, 6.07) is 5.93. The summed E-state index contributed by atoms with van der Waals surface area (Å²) in [5, 5.41) is 7.54. The van der Waals surface area contributed by atoms with E-state index in [1.807, 2.05) is 29.8 Å². The molecule has 1 amide bonds. The Morgan fingerprint density at radius 3 is 3.00 bits per heavy atom. The first-order valence-electron chi connectivity index (χ1n) is 8.43. The average molecular weight is 344 g/mol. The van der Waals surface area contributed by atoms with Gasteiger partial charge in [-0.3, -0.25) is 4.79 Å². The van der Waals surface area contributed by atoms with E-state index in [9.17, 15) is 4.79 Å². The second-order valence-electron chi connectivity index (χ2n) is 6.35. The van der Waals surface area contributed by atoms with Gasteiger partial charge in [-0.2, -0.15) is 5.10 Å². The Morgan fingerprint density at radius 2 is 2.24 bits per heavy atom. The summed E-state index contributed by atoms with van der Waals surface area (Å²) in [5.74, 6) is 2.38. The molecular formula is C18H24N4O3. The molecule has 3 rings (SSSR count). The number of nitrogens with one attached hydrogen (secondary N) is 1. The van der Waals surface area contributed by atoms with Crippen molar-refractivity contribution in [3.63, 3.8) is 0 Å². The monoisotopic (exact) mass is 344 g/mol. The lowest BCUT2D eigenvalue weighted by molar-refractivity contribution is -0.121. The third-order valence-electron chi connectivity index (χ3n) is 4.33. The first kappa shape index (κ1) is 17.4. The molecule has 7 nitrogen and oxygen atoms in total. The molecular weight excluding hydrogens is 320 g/mol. The molecule has 0 saturated heterocycles. The summed E-state index contributed by atoms with van der Waals surface area (Å²) in [7, 11) is 3.25. The van der Waals surface area contributed by atoms with Crippen LogP contribution in [-0.2, 0) is 35.5 Å². The lowest BCUT2D eigenvalue weighted by atomic mass is 10.0. The summed E-state index contributed by atoms with van der Waals surface area (Å²) < 4.78 is 12.3. The Labute approximate surface area is 147 Å². The molecule has 7 heteroatoms. The quantitative estimate of drug-likeness (QED) is 0.857. The Kier molecular flexibility index (Phi) is 5.33. The van der Waals surface area contributed by atoms with Crippen molar-refractivity contribution in [2.45, 2.75) is 45.4 Å². The highest BCUT2D eigenvalue weighted by molar-refractivity contribution is 5.79. The maximum atomic E-state index is 12.4. The lowest BCUT2D eigenvalue weighted by Gasteiger charge is -2.23. The SMILES string of the molecule is COCc1nc2n(n1)CC(NC(=O)Cc1cc(C)ccc1OC)CC2. The van der Waals surface area contributed by atoms with E-state index in [2.05, 4.69) is 15.4 Å². The van der Waals surface area contributed by atoms with Crippen LogP contribution in [0.1, 0.15) is 29.2 Å². The van der Waals surface area contributed by atoms with E-state index < -0.39 is 0 Å². The summed E-state index contributed by atoms with van der Waals surface area (Å²) >= 11 is 0. The highest BCUT2D eigenvalue weighted by atomic mass is 16.5. The van der Waals surface area contributed by atoms with Crippen LogP contribution in [-0.4, -0.2) is 40.9 Å². The first-order valence-corrected chi connectivity index (χ1v) is 8.43. The van der Waals surface area contributed by atoms with E-state index in [0.717, 1.165) is 35.5 Å². The predicted octanol–water partition coefficient (Wildman–Crippen LogP) is 1.42. The average Bonchev–Trinajstić information content (AvgIpc) is 2.97. The number of carbonyl (C=O) groups is 1. The van der Waals surface area contributed by atoms with E-state index in [-0.39, 0.29) is 11.9 Å². The number of rotatable bonds is 6. The van der Waals surface area contributed by atoms with Gasteiger partial charge < -0.3 is 14.8 Å². The third-order valence-corrected chi connectivity index (χ3v) is 4.33. The van der Waals surface area contributed by atoms with Crippen LogP contribution < -0.4 is 10.1 Å². The first-order chi connectivity index (χ1) is 12.1. The molecule has 0 spiro atoms. The van der Waals surface area contributed by atoms with Crippen molar-refractivity contribution in [1.82, 2.24) is 20.1 Å². The Morgan fingerprint density at radius 1 is 1.40 bits per heavy atom. The van der Waals surface area contributed by atoms with E-state index in [4.69, 9.17) is 9.47 Å². The zero-order valence-electron chi connectivity index (χ0n) is 14.9. The molecule has 1 aromatic carbocycles. The zero-order chi connectivity index (χ0) is 17.8. The number of hydrogen-bond acceptors (Lipinski definition) is 5. The highest BCUT2D eigenvalue weighted by Crippen LogP contribution is 2.20. The number of aromatic nitrogens is 3. The fourth-order valence-corrected chi connectivity index (χ4v) is 3.17. The number of carbonyl (C=O) groups excluding carboxylic acids is 1. The van der Waals surface area contributed by atoms with Crippen molar-refractivity contribution >= 4 is 5.91 Å². The molecule has 0 saturated carbocycles. The summed E-state index contributed by atoms with van der Waals surface area (Å²) in [6.07, 6.45) is 1.97. The van der Waals surface area contributed by atoms with Gasteiger partial charge >= 0.3 is 0 Å². The number of amides is 1. The highest BCUT2D eigenvalue weighted by Gasteiger charge is 2.23. The number of ether oxygens (including phenoxy) is 2. The van der Waals surface area contributed by atoms with Crippen LogP contribution in [0.4, 0.5) is 0 Å². The molecule has 2 heterocycles. The van der Waals surface area contributed by atoms with Gasteiger partial charge in [0.25, 0.3) is 0 Å². The van der Waals surface area contributed by atoms with Gasteiger partial charge in [-0.25, -0.2) is 9.67 Å². The van der Waals surface area contributed by atoms with Crippen molar-refractivity contribution in [2.24, 2.45) is 0 Å². The van der Waals surface area contributed by atoms with Crippen LogP contribution >= 0.6 is 0 Å². The van der Waals surface area contributed by atoms with Gasteiger partial charge in [0.1, 0.15) is 18.2 Å². The minimum atomic E-state index is -0.00502. The van der Waals surface area contributed by atoms with Crippen molar-refractivity contribution in [3.8, 4) is 5.75 Å². The fraction of sp³-hybridized carbons (Fsp3) is 0.500. The van der Waals surface area contributed by atoms with E-state index >= 15 is 0 Å². The molecule has 1 N–H and O–H groups in total. The number of methoxy groups -OCH3 is 2. The Hall–Kier alpha value is -2.41. The molecule has 25 heavy (non-hydrogen) atoms. The molecule has 134 valence electrons. The van der Waals surface area contributed by atoms with Crippen LogP contribution in [0.15, 0.2) is 18.2 Å². The van der Waals surface area contributed by atoms with E-state index in [1.165, 1.54) is 0 Å². The lowest BCUT2D eigenvalue weighted by Crippen LogP contribution is -2.42. The summed E-state index contributed by atoms with van der Waals surface area (Å²) in [4.78, 5) is 16.9. The molecule has 1 aliphatic rings. The molecule has 0 fully saturated rings. The molecule has 0 aliphatic carbocycles. The van der Waals surface area contributed by atoms with E-state index in [1.54, 1.807) is 14.2 Å². The summed E-state index contributed by atoms with van der Waals surface area (Å²) in [6.45, 7) is 3.05. The van der Waals surface area contributed by atoms with Gasteiger partial charge in [0.15, 0.2) is 5.82 Å². The largest absolute Gasteiger partial charge is 0.496 e. The van der Waals surface area contributed by atoms with Crippen LogP contribution in [0.3, 0.4) is 0 Å². The second-order valence-corrected chi connectivity index (χ2v) is 6.35. The van der Waals surface area contributed by atoms with Gasteiger partial charge in [-0.1, -0.05) is 17.7 Å². The fourth-order valence-electron chi connectivity index (χ4n) is 3.17. The zero-order valence-corrected chi connectivity index (χ0v) is 14.9. The summed E-state index contributed by atoms with van der Waals surface area (Å²) in [5.41, 5.74) is 2.01. The van der Waals surface area contributed by atoms with Crippen LogP contribution in [0.5, 0.6) is 5.75 Å². The van der Waals surface area contributed by atoms with Crippen LogP contribution in [0, 0.1) is 6.92 Å².